The minimum Gasteiger partial charge on any atom is -0.338 e. The minimum absolute atomic E-state index is 0.0858. The highest BCUT2D eigenvalue weighted by Crippen LogP contribution is 2.52. The van der Waals surface area contributed by atoms with Crippen LogP contribution >= 0.6 is 0 Å². The van der Waals surface area contributed by atoms with E-state index in [1.165, 1.54) is 4.90 Å². The highest BCUT2D eigenvalue weighted by atomic mass is 16.2. The van der Waals surface area contributed by atoms with Crippen LogP contribution in [0, 0.1) is 17.3 Å². The number of hydrogen-bond donors (Lipinski definition) is 0. The van der Waals surface area contributed by atoms with Gasteiger partial charge in [0.05, 0.1) is 29.0 Å². The first-order valence-corrected chi connectivity index (χ1v) is 7.36. The van der Waals surface area contributed by atoms with Gasteiger partial charge >= 0.3 is 0 Å². The van der Waals surface area contributed by atoms with Crippen molar-refractivity contribution in [1.29, 1.82) is 0 Å². The first-order valence-electron chi connectivity index (χ1n) is 7.36. The van der Waals surface area contributed by atoms with Crippen LogP contribution < -0.4 is 4.90 Å². The summed E-state index contributed by atoms with van der Waals surface area (Å²) in [6.45, 7) is 1.76. The Balaban J connectivity index is 1.85. The van der Waals surface area contributed by atoms with Crippen molar-refractivity contribution in [3.63, 3.8) is 0 Å². The Bertz CT molecular complexity index is 727. The topological polar surface area (TPSA) is 57.7 Å². The van der Waals surface area contributed by atoms with E-state index in [0.717, 1.165) is 0 Å². The number of likely N-dealkylation sites (N-methyl/N-ethyl adjacent to an activating group) is 1. The smallest absolute Gasteiger partial charge is 0.240 e. The quantitative estimate of drug-likeness (QED) is 0.578. The summed E-state index contributed by atoms with van der Waals surface area (Å²) in [6, 6.07) is 8.59. The van der Waals surface area contributed by atoms with Gasteiger partial charge in [0.15, 0.2) is 0 Å². The first-order chi connectivity index (χ1) is 10.5. The molecule has 0 N–H and O–H groups in total. The van der Waals surface area contributed by atoms with Crippen molar-refractivity contribution >= 4 is 23.4 Å². The zero-order chi connectivity index (χ0) is 15.6. The fourth-order valence-electron chi connectivity index (χ4n) is 4.11. The van der Waals surface area contributed by atoms with Gasteiger partial charge in [-0.1, -0.05) is 30.4 Å². The fourth-order valence-corrected chi connectivity index (χ4v) is 4.11. The van der Waals surface area contributed by atoms with Gasteiger partial charge in [-0.15, -0.1) is 0 Å². The van der Waals surface area contributed by atoms with Crippen LogP contribution in [0.1, 0.15) is 6.92 Å². The van der Waals surface area contributed by atoms with Gasteiger partial charge in [-0.05, 0) is 19.1 Å². The Hall–Kier alpha value is -2.43. The molecule has 5 nitrogen and oxygen atoms in total. The molecule has 22 heavy (non-hydrogen) atoms. The monoisotopic (exact) mass is 296 g/mol. The molecule has 5 heteroatoms. The number of imide groups is 1. The molecule has 0 aromatic heterocycles. The number of rotatable bonds is 1. The second-order valence-electron chi connectivity index (χ2n) is 6.40. The molecule has 0 radical (unpaired) electrons. The lowest BCUT2D eigenvalue weighted by atomic mass is 9.61. The van der Waals surface area contributed by atoms with E-state index in [1.54, 1.807) is 49.2 Å². The molecule has 2 bridgehead atoms. The number of amides is 3. The van der Waals surface area contributed by atoms with Gasteiger partial charge in [-0.2, -0.15) is 0 Å². The highest BCUT2D eigenvalue weighted by molar-refractivity contribution is 6.24. The zero-order valence-electron chi connectivity index (χ0n) is 12.4. The van der Waals surface area contributed by atoms with Crippen LogP contribution in [0.5, 0.6) is 0 Å². The number of para-hydroxylation sites is 1. The van der Waals surface area contributed by atoms with E-state index in [1.807, 2.05) is 12.1 Å². The molecule has 5 rings (SSSR count). The Morgan fingerprint density at radius 3 is 2.41 bits per heavy atom. The van der Waals surface area contributed by atoms with Crippen molar-refractivity contribution in [2.75, 3.05) is 11.9 Å². The summed E-state index contributed by atoms with van der Waals surface area (Å²) in [5.74, 6) is -1.64. The molecule has 4 aliphatic rings. The molecular weight excluding hydrogens is 280 g/mol. The molecule has 2 saturated heterocycles. The van der Waals surface area contributed by atoms with Crippen LogP contribution in [0.25, 0.3) is 0 Å². The van der Waals surface area contributed by atoms with Crippen molar-refractivity contribution < 1.29 is 14.4 Å². The maximum absolute atomic E-state index is 12.9. The summed E-state index contributed by atoms with van der Waals surface area (Å²) < 4.78 is 0. The number of anilines is 1. The molecule has 0 spiro atoms. The molecule has 4 atom stereocenters. The van der Waals surface area contributed by atoms with Gasteiger partial charge in [0.1, 0.15) is 0 Å². The zero-order valence-corrected chi connectivity index (χ0v) is 12.4. The number of piperidine rings is 1. The Morgan fingerprint density at radius 1 is 1.05 bits per heavy atom. The maximum Gasteiger partial charge on any atom is 0.240 e. The van der Waals surface area contributed by atoms with Crippen molar-refractivity contribution in [2.45, 2.75) is 13.0 Å². The van der Waals surface area contributed by atoms with Gasteiger partial charge in [0.25, 0.3) is 0 Å². The van der Waals surface area contributed by atoms with E-state index >= 15 is 0 Å². The second-order valence-corrected chi connectivity index (χ2v) is 6.40. The molecule has 0 unspecified atom stereocenters. The summed E-state index contributed by atoms with van der Waals surface area (Å²) in [5.41, 5.74) is -0.352. The molecule has 3 amide bonds. The lowest BCUT2D eigenvalue weighted by molar-refractivity contribution is -0.157. The molecule has 1 aromatic rings. The molecular formula is C17H16N2O3. The van der Waals surface area contributed by atoms with Gasteiger partial charge < -0.3 is 4.90 Å². The van der Waals surface area contributed by atoms with Crippen LogP contribution in [0.15, 0.2) is 42.5 Å². The van der Waals surface area contributed by atoms with Crippen molar-refractivity contribution in [3.8, 4) is 0 Å². The summed E-state index contributed by atoms with van der Waals surface area (Å²) in [7, 11) is 1.70. The molecule has 112 valence electrons. The average Bonchev–Trinajstić information content (AvgIpc) is 2.79. The number of carbonyl (C=O) groups excluding carboxylic acids is 3. The highest BCUT2D eigenvalue weighted by Gasteiger charge is 2.66. The van der Waals surface area contributed by atoms with Crippen molar-refractivity contribution in [1.82, 2.24) is 4.90 Å². The fraction of sp³-hybridized carbons (Fsp3) is 0.353. The summed E-state index contributed by atoms with van der Waals surface area (Å²) in [6.07, 6.45) is 3.70. The lowest BCUT2D eigenvalue weighted by Crippen LogP contribution is -2.62. The van der Waals surface area contributed by atoms with Crippen LogP contribution in [0.2, 0.25) is 0 Å². The van der Waals surface area contributed by atoms with E-state index in [4.69, 9.17) is 0 Å². The van der Waals surface area contributed by atoms with Crippen molar-refractivity contribution in [2.24, 2.45) is 17.3 Å². The Morgan fingerprint density at radius 2 is 1.73 bits per heavy atom. The van der Waals surface area contributed by atoms with E-state index in [-0.39, 0.29) is 23.8 Å². The molecule has 3 aliphatic heterocycles. The van der Waals surface area contributed by atoms with Gasteiger partial charge in [0, 0.05) is 7.05 Å². The summed E-state index contributed by atoms with van der Waals surface area (Å²) in [5, 5.41) is 0. The van der Waals surface area contributed by atoms with Crippen molar-refractivity contribution in [3.05, 3.63) is 42.5 Å². The second kappa shape index (κ2) is 4.06. The number of nitrogens with zero attached hydrogens (tertiary/aromatic N) is 2. The lowest BCUT2D eigenvalue weighted by Gasteiger charge is -2.49. The van der Waals surface area contributed by atoms with E-state index in [9.17, 15) is 14.4 Å². The largest absolute Gasteiger partial charge is 0.338 e. The summed E-state index contributed by atoms with van der Waals surface area (Å²) in [4.78, 5) is 41.2. The maximum atomic E-state index is 12.9. The van der Waals surface area contributed by atoms with Crippen LogP contribution in [-0.2, 0) is 14.4 Å². The standard InChI is InChI=1S/C17H16N2O3/c1-17-9-8-11(18(2)16(17)22)12-13(17)15(21)19(14(12)20)10-6-4-3-5-7-10/h3-9,11-13H,1-2H3/t11-,12-,13+,17+/m0/s1. The molecule has 2 fully saturated rings. The molecule has 1 aromatic carbocycles. The average molecular weight is 296 g/mol. The van der Waals surface area contributed by atoms with Gasteiger partial charge in [0.2, 0.25) is 17.7 Å². The SMILES string of the molecule is CN1C(=O)[C@]2(C)C=C[C@H]1[C@@H]1C(=O)N(c3ccccc3)C(=O)[C@@H]12. The number of benzene rings is 1. The Kier molecular flexibility index (Phi) is 2.45. The van der Waals surface area contributed by atoms with E-state index in [2.05, 4.69) is 0 Å². The third-order valence-electron chi connectivity index (χ3n) is 5.25. The number of hydrogen-bond acceptors (Lipinski definition) is 3. The first kappa shape index (κ1) is 13.2. The van der Waals surface area contributed by atoms with E-state index < -0.39 is 17.3 Å². The summed E-state index contributed by atoms with van der Waals surface area (Å²) >= 11 is 0. The van der Waals surface area contributed by atoms with Gasteiger partial charge in [-0.3, -0.25) is 14.4 Å². The van der Waals surface area contributed by atoms with Crippen LogP contribution in [0.3, 0.4) is 0 Å². The predicted octanol–water partition coefficient (Wildman–Crippen LogP) is 1.21. The number of carbonyl (C=O) groups is 3. The normalized spacial score (nSPS) is 36.3. The molecule has 1 aliphatic carbocycles. The Labute approximate surface area is 128 Å². The van der Waals surface area contributed by atoms with Gasteiger partial charge in [-0.25, -0.2) is 4.90 Å². The van der Waals surface area contributed by atoms with Crippen LogP contribution in [0.4, 0.5) is 5.69 Å². The molecule has 0 saturated carbocycles. The van der Waals surface area contributed by atoms with Crippen LogP contribution in [-0.4, -0.2) is 35.7 Å². The number of fused-ring (bicyclic) bond motifs is 1. The predicted molar refractivity (Wildman–Crippen MR) is 79.7 cm³/mol. The molecule has 3 heterocycles. The van der Waals surface area contributed by atoms with E-state index in [0.29, 0.717) is 5.69 Å². The minimum atomic E-state index is -0.926. The third-order valence-corrected chi connectivity index (χ3v) is 5.25. The third kappa shape index (κ3) is 1.36.